The molecule has 0 aliphatic rings. The van der Waals surface area contributed by atoms with Crippen LogP contribution >= 0.6 is 12.6 Å². The van der Waals surface area contributed by atoms with Gasteiger partial charge in [-0.25, -0.2) is 0 Å². The maximum atomic E-state index is 4.32. The number of benzene rings is 2. The van der Waals surface area contributed by atoms with Gasteiger partial charge in [-0.3, -0.25) is 0 Å². The Labute approximate surface area is 122 Å². The summed E-state index contributed by atoms with van der Waals surface area (Å²) in [7, 11) is 0. The maximum Gasteiger partial charge on any atom is 0.00404 e. The Morgan fingerprint density at radius 3 is 1.89 bits per heavy atom. The molecule has 2 aromatic rings. The molecule has 0 nitrogen and oxygen atoms in total. The Balaban J connectivity index is 1.96. The Bertz CT molecular complexity index is 482. The van der Waals surface area contributed by atoms with Gasteiger partial charge in [-0.15, -0.1) is 12.6 Å². The van der Waals surface area contributed by atoms with Gasteiger partial charge in [-0.1, -0.05) is 62.6 Å². The Kier molecular flexibility index (Phi) is 5.53. The van der Waals surface area contributed by atoms with Crippen LogP contribution in [0.3, 0.4) is 0 Å². The van der Waals surface area contributed by atoms with Gasteiger partial charge in [0.2, 0.25) is 0 Å². The van der Waals surface area contributed by atoms with Crippen LogP contribution in [0.2, 0.25) is 0 Å². The summed E-state index contributed by atoms with van der Waals surface area (Å²) in [6.45, 7) is 2.25. The van der Waals surface area contributed by atoms with Crippen LogP contribution in [0.4, 0.5) is 0 Å². The number of thiol groups is 1. The fraction of sp³-hybridized carbons (Fsp3) is 0.333. The van der Waals surface area contributed by atoms with E-state index in [9.17, 15) is 0 Å². The Morgan fingerprint density at radius 1 is 0.737 bits per heavy atom. The molecule has 2 aromatic carbocycles. The maximum absolute atomic E-state index is 4.32. The molecular weight excluding hydrogens is 248 g/mol. The van der Waals surface area contributed by atoms with E-state index in [1.54, 1.807) is 0 Å². The van der Waals surface area contributed by atoms with Crippen LogP contribution in [-0.2, 0) is 6.42 Å². The molecule has 0 aliphatic heterocycles. The molecule has 0 bridgehead atoms. The van der Waals surface area contributed by atoms with E-state index in [2.05, 4.69) is 56.0 Å². The molecule has 0 saturated heterocycles. The quantitative estimate of drug-likeness (QED) is 0.500. The summed E-state index contributed by atoms with van der Waals surface area (Å²) in [5, 5.41) is 0. The third-order valence-electron chi connectivity index (χ3n) is 3.47. The molecule has 0 aromatic heterocycles. The van der Waals surface area contributed by atoms with Crippen molar-refractivity contribution < 1.29 is 0 Å². The van der Waals surface area contributed by atoms with Crippen molar-refractivity contribution in [2.45, 2.75) is 43.9 Å². The molecule has 0 radical (unpaired) electrons. The highest BCUT2D eigenvalue weighted by Gasteiger charge is 1.98. The molecule has 0 aliphatic carbocycles. The predicted octanol–water partition coefficient (Wildman–Crippen LogP) is 5.77. The standard InChI is InChI=1S/C18H22S/c1-2-3-4-5-6-15-7-9-16(10-8-15)17-11-13-18(19)14-12-17/h7-14,19H,2-6H2,1H3. The second-order valence-corrected chi connectivity index (χ2v) is 5.57. The van der Waals surface area contributed by atoms with Gasteiger partial charge in [0.25, 0.3) is 0 Å². The molecule has 0 amide bonds. The van der Waals surface area contributed by atoms with Gasteiger partial charge in [0, 0.05) is 4.90 Å². The first kappa shape index (κ1) is 14.2. The summed E-state index contributed by atoms with van der Waals surface area (Å²) in [5.74, 6) is 0. The molecule has 0 fully saturated rings. The van der Waals surface area contributed by atoms with E-state index in [1.807, 2.05) is 12.1 Å². The van der Waals surface area contributed by atoms with Gasteiger partial charge in [0.1, 0.15) is 0 Å². The van der Waals surface area contributed by atoms with Crippen LogP contribution in [-0.4, -0.2) is 0 Å². The molecule has 0 N–H and O–H groups in total. The molecule has 2 rings (SSSR count). The van der Waals surface area contributed by atoms with E-state index in [-0.39, 0.29) is 0 Å². The molecule has 19 heavy (non-hydrogen) atoms. The predicted molar refractivity (Wildman–Crippen MR) is 87.0 cm³/mol. The number of unbranched alkanes of at least 4 members (excludes halogenated alkanes) is 3. The molecule has 1 heteroatoms. The highest BCUT2D eigenvalue weighted by Crippen LogP contribution is 2.21. The van der Waals surface area contributed by atoms with Crippen molar-refractivity contribution >= 4 is 12.6 Å². The molecule has 0 heterocycles. The zero-order chi connectivity index (χ0) is 13.5. The van der Waals surface area contributed by atoms with E-state index in [0.29, 0.717) is 0 Å². The van der Waals surface area contributed by atoms with Crippen molar-refractivity contribution in [2.75, 3.05) is 0 Å². The highest BCUT2D eigenvalue weighted by molar-refractivity contribution is 7.80. The average Bonchev–Trinajstić information content (AvgIpc) is 2.45. The van der Waals surface area contributed by atoms with E-state index < -0.39 is 0 Å². The van der Waals surface area contributed by atoms with Crippen LogP contribution < -0.4 is 0 Å². The van der Waals surface area contributed by atoms with E-state index >= 15 is 0 Å². The lowest BCUT2D eigenvalue weighted by molar-refractivity contribution is 0.667. The minimum atomic E-state index is 1.01. The van der Waals surface area contributed by atoms with Gasteiger partial charge < -0.3 is 0 Å². The van der Waals surface area contributed by atoms with E-state index in [1.165, 1.54) is 48.8 Å². The van der Waals surface area contributed by atoms with Gasteiger partial charge in [0.15, 0.2) is 0 Å². The minimum absolute atomic E-state index is 1.01. The summed E-state index contributed by atoms with van der Waals surface area (Å²) < 4.78 is 0. The first-order valence-corrected chi connectivity index (χ1v) is 7.62. The van der Waals surface area contributed by atoms with Gasteiger partial charge >= 0.3 is 0 Å². The molecule has 0 saturated carbocycles. The van der Waals surface area contributed by atoms with Crippen molar-refractivity contribution in [2.24, 2.45) is 0 Å². The van der Waals surface area contributed by atoms with E-state index in [4.69, 9.17) is 0 Å². The summed E-state index contributed by atoms with van der Waals surface area (Å²) >= 11 is 4.32. The van der Waals surface area contributed by atoms with E-state index in [0.717, 1.165) is 4.90 Å². The second-order valence-electron chi connectivity index (χ2n) is 5.05. The molecular formula is C18H22S. The van der Waals surface area contributed by atoms with Crippen molar-refractivity contribution in [3.8, 4) is 11.1 Å². The number of aryl methyl sites for hydroxylation is 1. The van der Waals surface area contributed by atoms with Gasteiger partial charge in [-0.05, 0) is 41.7 Å². The zero-order valence-corrected chi connectivity index (χ0v) is 12.5. The van der Waals surface area contributed by atoms with Crippen molar-refractivity contribution in [1.82, 2.24) is 0 Å². The van der Waals surface area contributed by atoms with Crippen LogP contribution in [0.5, 0.6) is 0 Å². The van der Waals surface area contributed by atoms with Crippen LogP contribution in [0.1, 0.15) is 38.2 Å². The lowest BCUT2D eigenvalue weighted by atomic mass is 10.0. The summed E-state index contributed by atoms with van der Waals surface area (Å²) in [6.07, 6.45) is 6.52. The van der Waals surface area contributed by atoms with Crippen LogP contribution in [0, 0.1) is 0 Å². The average molecular weight is 270 g/mol. The molecule has 0 atom stereocenters. The van der Waals surface area contributed by atoms with Crippen molar-refractivity contribution in [3.05, 3.63) is 54.1 Å². The molecule has 0 spiro atoms. The topological polar surface area (TPSA) is 0 Å². The fourth-order valence-electron chi connectivity index (χ4n) is 2.27. The summed E-state index contributed by atoms with van der Waals surface area (Å²) in [6, 6.07) is 17.3. The largest absolute Gasteiger partial charge is 0.143 e. The summed E-state index contributed by atoms with van der Waals surface area (Å²) in [5.41, 5.74) is 3.99. The van der Waals surface area contributed by atoms with Crippen molar-refractivity contribution in [3.63, 3.8) is 0 Å². The number of rotatable bonds is 6. The summed E-state index contributed by atoms with van der Waals surface area (Å²) in [4.78, 5) is 1.01. The van der Waals surface area contributed by atoms with Crippen LogP contribution in [0.25, 0.3) is 11.1 Å². The lowest BCUT2D eigenvalue weighted by Crippen LogP contribution is -1.86. The Morgan fingerprint density at radius 2 is 1.32 bits per heavy atom. The number of hydrogen-bond donors (Lipinski definition) is 1. The SMILES string of the molecule is CCCCCCc1ccc(-c2ccc(S)cc2)cc1. The Hall–Kier alpha value is -1.21. The highest BCUT2D eigenvalue weighted by atomic mass is 32.1. The fourth-order valence-corrected chi connectivity index (χ4v) is 2.42. The normalized spacial score (nSPS) is 10.6. The first-order valence-electron chi connectivity index (χ1n) is 7.18. The lowest BCUT2D eigenvalue weighted by Gasteiger charge is -2.05. The minimum Gasteiger partial charge on any atom is -0.143 e. The second kappa shape index (κ2) is 7.40. The van der Waals surface area contributed by atoms with Crippen molar-refractivity contribution in [1.29, 1.82) is 0 Å². The third-order valence-corrected chi connectivity index (χ3v) is 3.77. The third kappa shape index (κ3) is 4.43. The van der Waals surface area contributed by atoms with Crippen LogP contribution in [0.15, 0.2) is 53.4 Å². The monoisotopic (exact) mass is 270 g/mol. The van der Waals surface area contributed by atoms with Gasteiger partial charge in [-0.2, -0.15) is 0 Å². The molecule has 0 unspecified atom stereocenters. The molecule has 100 valence electrons. The zero-order valence-electron chi connectivity index (χ0n) is 11.6. The van der Waals surface area contributed by atoms with Gasteiger partial charge in [0.05, 0.1) is 0 Å². The smallest absolute Gasteiger partial charge is 0.00404 e. The first-order chi connectivity index (χ1) is 9.29. The number of hydrogen-bond acceptors (Lipinski definition) is 1.